The maximum atomic E-state index is 13.0. The van der Waals surface area contributed by atoms with E-state index in [1.54, 1.807) is 12.1 Å². The lowest BCUT2D eigenvalue weighted by atomic mass is 10.0. The van der Waals surface area contributed by atoms with Crippen LogP contribution in [0.25, 0.3) is 0 Å². The normalized spacial score (nSPS) is 9.97. The van der Waals surface area contributed by atoms with E-state index in [-0.39, 0.29) is 5.82 Å². The van der Waals surface area contributed by atoms with E-state index in [9.17, 15) is 4.39 Å². The summed E-state index contributed by atoms with van der Waals surface area (Å²) >= 11 is 0. The molecule has 0 aliphatic heterocycles. The molecule has 0 saturated carbocycles. The molecule has 0 unspecified atom stereocenters. The molecule has 1 heteroatoms. The van der Waals surface area contributed by atoms with Crippen molar-refractivity contribution in [2.24, 2.45) is 0 Å². The van der Waals surface area contributed by atoms with Gasteiger partial charge in [0.15, 0.2) is 0 Å². The van der Waals surface area contributed by atoms with Crippen LogP contribution < -0.4 is 0 Å². The van der Waals surface area contributed by atoms with Crippen LogP contribution in [0.4, 0.5) is 4.39 Å². The van der Waals surface area contributed by atoms with Crippen molar-refractivity contribution in [2.75, 3.05) is 0 Å². The Bertz CT molecular complexity index is 1080. The third-order valence-electron chi connectivity index (χ3n) is 5.05. The van der Waals surface area contributed by atoms with Gasteiger partial charge in [0, 0.05) is 22.3 Å². The predicted molar refractivity (Wildman–Crippen MR) is 124 cm³/mol. The van der Waals surface area contributed by atoms with Crippen molar-refractivity contribution >= 4 is 0 Å². The van der Waals surface area contributed by atoms with Gasteiger partial charge in [-0.1, -0.05) is 62.5 Å². The molecular formula is C29H27F. The Morgan fingerprint density at radius 1 is 0.667 bits per heavy atom. The predicted octanol–water partition coefficient (Wildman–Crippen LogP) is 6.92. The molecule has 0 radical (unpaired) electrons. The van der Waals surface area contributed by atoms with Gasteiger partial charge in [-0.3, -0.25) is 0 Å². The third kappa shape index (κ3) is 6.37. The summed E-state index contributed by atoms with van der Waals surface area (Å²) in [6, 6.07) is 21.0. The summed E-state index contributed by atoms with van der Waals surface area (Å²) < 4.78 is 13.0. The summed E-state index contributed by atoms with van der Waals surface area (Å²) in [5.74, 6) is 12.6. The molecule has 0 nitrogen and oxygen atoms in total. The maximum absolute atomic E-state index is 13.0. The third-order valence-corrected chi connectivity index (χ3v) is 5.05. The number of aryl methyl sites for hydroxylation is 2. The van der Waals surface area contributed by atoms with Crippen LogP contribution in [0.15, 0.2) is 66.7 Å². The second kappa shape index (κ2) is 11.0. The first kappa shape index (κ1) is 21.4. The highest BCUT2D eigenvalue weighted by Crippen LogP contribution is 2.13. The fraction of sp³-hybridized carbons (Fsp3) is 0.241. The summed E-state index contributed by atoms with van der Waals surface area (Å²) in [5.41, 5.74) is 6.39. The Morgan fingerprint density at radius 3 is 1.93 bits per heavy atom. The number of benzene rings is 3. The Labute approximate surface area is 180 Å². The van der Waals surface area contributed by atoms with Gasteiger partial charge in [0.1, 0.15) is 5.82 Å². The Morgan fingerprint density at radius 2 is 1.27 bits per heavy atom. The maximum Gasteiger partial charge on any atom is 0.123 e. The highest BCUT2D eigenvalue weighted by Gasteiger charge is 2.00. The van der Waals surface area contributed by atoms with Crippen LogP contribution in [0.5, 0.6) is 0 Å². The van der Waals surface area contributed by atoms with Crippen molar-refractivity contribution in [2.45, 2.75) is 46.0 Å². The molecule has 0 atom stereocenters. The van der Waals surface area contributed by atoms with Crippen molar-refractivity contribution in [3.8, 4) is 23.7 Å². The summed E-state index contributed by atoms with van der Waals surface area (Å²) in [6.07, 6.45) is 5.82. The van der Waals surface area contributed by atoms with Gasteiger partial charge in [0.2, 0.25) is 0 Å². The molecule has 150 valence electrons. The van der Waals surface area contributed by atoms with Gasteiger partial charge in [-0.05, 0) is 85.0 Å². The fourth-order valence-corrected chi connectivity index (χ4v) is 3.24. The topological polar surface area (TPSA) is 0 Å². The van der Waals surface area contributed by atoms with E-state index in [1.807, 2.05) is 12.1 Å². The standard InChI is InChI=1S/C29H27F/c1-3-5-6-7-23-8-10-24(11-9-23)14-18-28-19-15-26(22-27(28)4-2)13-12-25-16-20-29(30)21-17-25/h8-11,15-17,19-22H,3-7H2,1-2H3. The molecule has 0 amide bonds. The van der Waals surface area contributed by atoms with Crippen LogP contribution in [0.3, 0.4) is 0 Å². The van der Waals surface area contributed by atoms with Gasteiger partial charge in [0.25, 0.3) is 0 Å². The zero-order chi connectivity index (χ0) is 21.2. The first-order chi connectivity index (χ1) is 14.7. The Hall–Kier alpha value is -3.29. The molecular weight excluding hydrogens is 367 g/mol. The first-order valence-corrected chi connectivity index (χ1v) is 10.7. The molecule has 0 heterocycles. The van der Waals surface area contributed by atoms with Gasteiger partial charge in [-0.25, -0.2) is 4.39 Å². The van der Waals surface area contributed by atoms with E-state index < -0.39 is 0 Å². The molecule has 0 fully saturated rings. The number of rotatable bonds is 5. The number of hydrogen-bond donors (Lipinski definition) is 0. The van der Waals surface area contributed by atoms with Crippen molar-refractivity contribution in [3.05, 3.63) is 106 Å². The average molecular weight is 395 g/mol. The van der Waals surface area contributed by atoms with Gasteiger partial charge < -0.3 is 0 Å². The summed E-state index contributed by atoms with van der Waals surface area (Å²) in [5, 5.41) is 0. The van der Waals surface area contributed by atoms with Crippen molar-refractivity contribution in [1.82, 2.24) is 0 Å². The van der Waals surface area contributed by atoms with E-state index in [1.165, 1.54) is 42.5 Å². The largest absolute Gasteiger partial charge is 0.207 e. The molecule has 0 spiro atoms. The van der Waals surface area contributed by atoms with Crippen molar-refractivity contribution < 1.29 is 4.39 Å². The fourth-order valence-electron chi connectivity index (χ4n) is 3.24. The van der Waals surface area contributed by atoms with Crippen LogP contribution in [-0.2, 0) is 12.8 Å². The molecule has 0 aliphatic rings. The van der Waals surface area contributed by atoms with Crippen LogP contribution >= 0.6 is 0 Å². The van der Waals surface area contributed by atoms with E-state index in [4.69, 9.17) is 0 Å². The molecule has 0 saturated heterocycles. The second-order valence-electron chi connectivity index (χ2n) is 7.39. The van der Waals surface area contributed by atoms with Gasteiger partial charge in [-0.15, -0.1) is 0 Å². The summed E-state index contributed by atoms with van der Waals surface area (Å²) in [6.45, 7) is 4.36. The minimum absolute atomic E-state index is 0.247. The van der Waals surface area contributed by atoms with Crippen molar-refractivity contribution in [3.63, 3.8) is 0 Å². The molecule has 0 aliphatic carbocycles. The quantitative estimate of drug-likeness (QED) is 0.325. The van der Waals surface area contributed by atoms with Crippen molar-refractivity contribution in [1.29, 1.82) is 0 Å². The number of halogens is 1. The molecule has 3 aromatic carbocycles. The second-order valence-corrected chi connectivity index (χ2v) is 7.39. The first-order valence-electron chi connectivity index (χ1n) is 10.7. The van der Waals surface area contributed by atoms with Crippen LogP contribution in [-0.4, -0.2) is 0 Å². The minimum atomic E-state index is -0.247. The number of hydrogen-bond acceptors (Lipinski definition) is 0. The summed E-state index contributed by atoms with van der Waals surface area (Å²) in [4.78, 5) is 0. The zero-order valence-electron chi connectivity index (χ0n) is 17.8. The lowest BCUT2D eigenvalue weighted by molar-refractivity contribution is 0.627. The Kier molecular flexibility index (Phi) is 7.88. The average Bonchev–Trinajstić information content (AvgIpc) is 2.78. The highest BCUT2D eigenvalue weighted by atomic mass is 19.1. The van der Waals surface area contributed by atoms with E-state index in [0.29, 0.717) is 0 Å². The van der Waals surface area contributed by atoms with Crippen LogP contribution in [0.2, 0.25) is 0 Å². The van der Waals surface area contributed by atoms with Crippen LogP contribution in [0.1, 0.15) is 66.5 Å². The SMILES string of the molecule is CCCCCc1ccc(C#Cc2ccc(C#Cc3ccc(F)cc3)cc2CC)cc1. The smallest absolute Gasteiger partial charge is 0.123 e. The molecule has 0 bridgehead atoms. The number of unbranched alkanes of at least 4 members (excludes halogenated alkanes) is 2. The minimum Gasteiger partial charge on any atom is -0.207 e. The van der Waals surface area contributed by atoms with Gasteiger partial charge in [0.05, 0.1) is 0 Å². The van der Waals surface area contributed by atoms with Gasteiger partial charge >= 0.3 is 0 Å². The van der Waals surface area contributed by atoms with E-state index >= 15 is 0 Å². The molecule has 3 aromatic rings. The lowest BCUT2D eigenvalue weighted by Crippen LogP contribution is -1.90. The van der Waals surface area contributed by atoms with Gasteiger partial charge in [-0.2, -0.15) is 0 Å². The molecule has 0 aromatic heterocycles. The molecule has 3 rings (SSSR count). The monoisotopic (exact) mass is 394 g/mol. The molecule has 0 N–H and O–H groups in total. The zero-order valence-corrected chi connectivity index (χ0v) is 17.8. The Balaban J connectivity index is 1.72. The molecule has 30 heavy (non-hydrogen) atoms. The van der Waals surface area contributed by atoms with E-state index in [0.717, 1.165) is 35.1 Å². The highest BCUT2D eigenvalue weighted by molar-refractivity contribution is 5.52. The summed E-state index contributed by atoms with van der Waals surface area (Å²) in [7, 11) is 0. The lowest BCUT2D eigenvalue weighted by Gasteiger charge is -2.03. The van der Waals surface area contributed by atoms with Crippen LogP contribution in [0, 0.1) is 29.5 Å². The van der Waals surface area contributed by atoms with E-state index in [2.05, 4.69) is 67.9 Å².